The fourth-order valence-corrected chi connectivity index (χ4v) is 2.22. The van der Waals surface area contributed by atoms with Crippen LogP contribution in [0.4, 0.5) is 0 Å². The number of hydrogen-bond acceptors (Lipinski definition) is 3. The molecule has 0 saturated heterocycles. The molecule has 1 aromatic carbocycles. The van der Waals surface area contributed by atoms with Gasteiger partial charge in [0, 0.05) is 13.5 Å². The van der Waals surface area contributed by atoms with Crippen molar-refractivity contribution in [1.29, 1.82) is 0 Å². The van der Waals surface area contributed by atoms with Crippen LogP contribution >= 0.6 is 0 Å². The number of carbonyl (C=O) groups is 1. The van der Waals surface area contributed by atoms with E-state index in [1.54, 1.807) is 14.2 Å². The second-order valence-corrected chi connectivity index (χ2v) is 4.20. The van der Waals surface area contributed by atoms with Crippen LogP contribution in [0.15, 0.2) is 18.2 Å². The number of aldehydes is 1. The van der Waals surface area contributed by atoms with E-state index in [2.05, 4.69) is 6.07 Å². The molecule has 3 heteroatoms. The zero-order valence-corrected chi connectivity index (χ0v) is 9.66. The van der Waals surface area contributed by atoms with Crippen molar-refractivity contribution >= 4 is 6.29 Å². The molecule has 0 aliphatic heterocycles. The summed E-state index contributed by atoms with van der Waals surface area (Å²) in [6.45, 7) is 0. The highest BCUT2D eigenvalue weighted by Crippen LogP contribution is 2.31. The topological polar surface area (TPSA) is 35.5 Å². The molecular formula is C13H16O3. The van der Waals surface area contributed by atoms with Gasteiger partial charge in [0.05, 0.1) is 7.11 Å². The van der Waals surface area contributed by atoms with E-state index in [4.69, 9.17) is 9.47 Å². The standard InChI is InChI=1S/C13H16O3/c1-15-12-4-3-10-5-6-13(9-14,16-2)8-11(10)7-12/h3-4,7,9H,5-6,8H2,1-2H3. The SMILES string of the molecule is COc1ccc2c(c1)CC(C=O)(OC)CC2. The van der Waals surface area contributed by atoms with Gasteiger partial charge in [-0.3, -0.25) is 0 Å². The van der Waals surface area contributed by atoms with Gasteiger partial charge in [0.15, 0.2) is 6.29 Å². The maximum absolute atomic E-state index is 11.1. The molecule has 86 valence electrons. The Morgan fingerprint density at radius 1 is 1.31 bits per heavy atom. The van der Waals surface area contributed by atoms with Gasteiger partial charge in [0.1, 0.15) is 11.4 Å². The first-order chi connectivity index (χ1) is 7.73. The maximum atomic E-state index is 11.1. The summed E-state index contributed by atoms with van der Waals surface area (Å²) in [7, 11) is 3.24. The Kier molecular flexibility index (Phi) is 2.97. The predicted molar refractivity (Wildman–Crippen MR) is 60.8 cm³/mol. The summed E-state index contributed by atoms with van der Waals surface area (Å²) in [6.07, 6.45) is 3.20. The van der Waals surface area contributed by atoms with Crippen molar-refractivity contribution < 1.29 is 14.3 Å². The van der Waals surface area contributed by atoms with Gasteiger partial charge in [-0.15, -0.1) is 0 Å². The second-order valence-electron chi connectivity index (χ2n) is 4.20. The highest BCUT2D eigenvalue weighted by atomic mass is 16.5. The molecule has 0 aromatic heterocycles. The first-order valence-corrected chi connectivity index (χ1v) is 5.40. The maximum Gasteiger partial charge on any atom is 0.152 e. The number of ether oxygens (including phenoxy) is 2. The lowest BCUT2D eigenvalue weighted by Crippen LogP contribution is -2.39. The molecule has 0 saturated carbocycles. The van der Waals surface area contributed by atoms with Crippen molar-refractivity contribution in [1.82, 2.24) is 0 Å². The lowest BCUT2D eigenvalue weighted by Gasteiger charge is -2.32. The van der Waals surface area contributed by atoms with Crippen LogP contribution in [-0.4, -0.2) is 26.1 Å². The second kappa shape index (κ2) is 4.26. The number of carbonyl (C=O) groups excluding carboxylic acids is 1. The Labute approximate surface area is 95.4 Å². The molecule has 0 fully saturated rings. The summed E-state index contributed by atoms with van der Waals surface area (Å²) >= 11 is 0. The Morgan fingerprint density at radius 3 is 2.75 bits per heavy atom. The zero-order valence-electron chi connectivity index (χ0n) is 9.66. The first-order valence-electron chi connectivity index (χ1n) is 5.40. The molecule has 1 aliphatic carbocycles. The molecule has 1 aliphatic rings. The fourth-order valence-electron chi connectivity index (χ4n) is 2.22. The smallest absolute Gasteiger partial charge is 0.152 e. The van der Waals surface area contributed by atoms with E-state index in [0.29, 0.717) is 6.42 Å². The lowest BCUT2D eigenvalue weighted by atomic mass is 9.81. The van der Waals surface area contributed by atoms with E-state index in [-0.39, 0.29) is 0 Å². The Hall–Kier alpha value is -1.35. The quantitative estimate of drug-likeness (QED) is 0.728. The predicted octanol–water partition coefficient (Wildman–Crippen LogP) is 1.77. The van der Waals surface area contributed by atoms with Crippen molar-refractivity contribution in [3.8, 4) is 5.75 Å². The summed E-state index contributed by atoms with van der Waals surface area (Å²) in [5, 5.41) is 0. The molecule has 2 rings (SSSR count). The zero-order chi connectivity index (χ0) is 11.6. The van der Waals surface area contributed by atoms with Crippen molar-refractivity contribution in [2.45, 2.75) is 24.9 Å². The average molecular weight is 220 g/mol. The number of methoxy groups -OCH3 is 2. The largest absolute Gasteiger partial charge is 0.497 e. The van der Waals surface area contributed by atoms with Gasteiger partial charge in [0.25, 0.3) is 0 Å². The Morgan fingerprint density at radius 2 is 2.12 bits per heavy atom. The van der Waals surface area contributed by atoms with E-state index in [1.165, 1.54) is 5.56 Å². The molecular weight excluding hydrogens is 204 g/mol. The summed E-state index contributed by atoms with van der Waals surface area (Å²) in [5.74, 6) is 0.830. The van der Waals surface area contributed by atoms with Gasteiger partial charge in [-0.2, -0.15) is 0 Å². The normalized spacial score (nSPS) is 23.6. The molecule has 0 N–H and O–H groups in total. The molecule has 1 unspecified atom stereocenters. The van der Waals surface area contributed by atoms with Crippen molar-refractivity contribution in [2.24, 2.45) is 0 Å². The van der Waals surface area contributed by atoms with Crippen LogP contribution in [0.1, 0.15) is 17.5 Å². The minimum absolute atomic E-state index is 0.638. The minimum atomic E-state index is -0.640. The summed E-state index contributed by atoms with van der Waals surface area (Å²) in [6, 6.07) is 6.02. The Bertz CT molecular complexity index is 400. The monoisotopic (exact) mass is 220 g/mol. The minimum Gasteiger partial charge on any atom is -0.497 e. The van der Waals surface area contributed by atoms with Gasteiger partial charge in [0.2, 0.25) is 0 Å². The van der Waals surface area contributed by atoms with Crippen LogP contribution < -0.4 is 4.74 Å². The van der Waals surface area contributed by atoms with E-state index in [1.807, 2.05) is 12.1 Å². The molecule has 1 aromatic rings. The number of hydrogen-bond donors (Lipinski definition) is 0. The highest BCUT2D eigenvalue weighted by Gasteiger charge is 2.34. The van der Waals surface area contributed by atoms with E-state index in [0.717, 1.165) is 30.4 Å². The number of fused-ring (bicyclic) bond motifs is 1. The van der Waals surface area contributed by atoms with Gasteiger partial charge in [-0.25, -0.2) is 0 Å². The van der Waals surface area contributed by atoms with Crippen LogP contribution in [0.5, 0.6) is 5.75 Å². The molecule has 0 spiro atoms. The van der Waals surface area contributed by atoms with Crippen LogP contribution in [0.25, 0.3) is 0 Å². The molecule has 3 nitrogen and oxygen atoms in total. The van der Waals surface area contributed by atoms with Crippen LogP contribution in [0.2, 0.25) is 0 Å². The third-order valence-corrected chi connectivity index (χ3v) is 3.34. The van der Waals surface area contributed by atoms with E-state index < -0.39 is 5.60 Å². The third-order valence-electron chi connectivity index (χ3n) is 3.34. The number of rotatable bonds is 3. The molecule has 1 atom stereocenters. The van der Waals surface area contributed by atoms with Crippen molar-refractivity contribution in [3.63, 3.8) is 0 Å². The fraction of sp³-hybridized carbons (Fsp3) is 0.462. The van der Waals surface area contributed by atoms with Gasteiger partial charge in [-0.05, 0) is 36.1 Å². The Balaban J connectivity index is 2.34. The molecule has 0 heterocycles. The lowest BCUT2D eigenvalue weighted by molar-refractivity contribution is -0.128. The molecule has 0 bridgehead atoms. The molecule has 16 heavy (non-hydrogen) atoms. The molecule has 0 radical (unpaired) electrons. The molecule has 0 amide bonds. The first kappa shape index (κ1) is 11.1. The number of benzene rings is 1. The van der Waals surface area contributed by atoms with E-state index in [9.17, 15) is 4.79 Å². The summed E-state index contributed by atoms with van der Waals surface area (Å²) in [5.41, 5.74) is 1.80. The van der Waals surface area contributed by atoms with Crippen LogP contribution in [-0.2, 0) is 22.4 Å². The average Bonchev–Trinajstić information content (AvgIpc) is 2.37. The number of aryl methyl sites for hydroxylation is 1. The van der Waals surface area contributed by atoms with Gasteiger partial charge in [-0.1, -0.05) is 6.07 Å². The van der Waals surface area contributed by atoms with Crippen molar-refractivity contribution in [2.75, 3.05) is 14.2 Å². The third kappa shape index (κ3) is 1.83. The summed E-state index contributed by atoms with van der Waals surface area (Å²) in [4.78, 5) is 11.1. The van der Waals surface area contributed by atoms with Gasteiger partial charge < -0.3 is 14.3 Å². The van der Waals surface area contributed by atoms with Crippen molar-refractivity contribution in [3.05, 3.63) is 29.3 Å². The highest BCUT2D eigenvalue weighted by molar-refractivity contribution is 5.65. The van der Waals surface area contributed by atoms with Crippen LogP contribution in [0.3, 0.4) is 0 Å². The summed E-state index contributed by atoms with van der Waals surface area (Å²) < 4.78 is 10.5. The van der Waals surface area contributed by atoms with Crippen LogP contribution in [0, 0.1) is 0 Å². The van der Waals surface area contributed by atoms with E-state index >= 15 is 0 Å². The van der Waals surface area contributed by atoms with Gasteiger partial charge >= 0.3 is 0 Å².